The number of rotatable bonds is 5. The van der Waals surface area contributed by atoms with Gasteiger partial charge in [0.1, 0.15) is 0 Å². The highest BCUT2D eigenvalue weighted by Gasteiger charge is 2.19. The molecule has 4 heteroatoms. The number of fused-ring (bicyclic) bond motifs is 7. The predicted octanol–water partition coefficient (Wildman–Crippen LogP) is 12.8. The first-order valence-electron chi connectivity index (χ1n) is 18.3. The van der Waals surface area contributed by atoms with Crippen LogP contribution in [0.2, 0.25) is 0 Å². The van der Waals surface area contributed by atoms with Crippen LogP contribution in [0.25, 0.3) is 99.7 Å². The average molecular weight is 689 g/mol. The van der Waals surface area contributed by atoms with E-state index in [1.807, 2.05) is 12.1 Å². The summed E-state index contributed by atoms with van der Waals surface area (Å²) in [7, 11) is 0. The molecule has 0 aliphatic carbocycles. The topological polar surface area (TPSA) is 35.6 Å². The molecule has 0 saturated carbocycles. The van der Waals surface area contributed by atoms with Crippen molar-refractivity contribution in [3.63, 3.8) is 0 Å². The Morgan fingerprint density at radius 1 is 0.296 bits per heavy atom. The molecule has 11 rings (SSSR count). The van der Waals surface area contributed by atoms with Crippen molar-refractivity contribution in [1.29, 1.82) is 0 Å². The highest BCUT2D eigenvalue weighted by atomic mass is 15.0. The van der Waals surface area contributed by atoms with Gasteiger partial charge in [-0.15, -0.1) is 0 Å². The van der Waals surface area contributed by atoms with Crippen LogP contribution in [0.1, 0.15) is 0 Å². The summed E-state index contributed by atoms with van der Waals surface area (Å²) in [4.78, 5) is 10.2. The number of benzene rings is 8. The fourth-order valence-corrected chi connectivity index (χ4v) is 8.17. The molecule has 252 valence electrons. The summed E-state index contributed by atoms with van der Waals surface area (Å²) in [6.45, 7) is 0. The van der Waals surface area contributed by atoms with Crippen molar-refractivity contribution in [2.75, 3.05) is 0 Å². The van der Waals surface area contributed by atoms with Crippen molar-refractivity contribution in [2.24, 2.45) is 0 Å². The van der Waals surface area contributed by atoms with Crippen LogP contribution in [0.3, 0.4) is 0 Å². The second-order valence-electron chi connectivity index (χ2n) is 13.9. The largest absolute Gasteiger partial charge is 0.309 e. The monoisotopic (exact) mass is 688 g/mol. The Morgan fingerprint density at radius 2 is 0.796 bits per heavy atom. The molecule has 54 heavy (non-hydrogen) atoms. The van der Waals surface area contributed by atoms with E-state index in [1.54, 1.807) is 0 Å². The van der Waals surface area contributed by atoms with Crippen molar-refractivity contribution in [3.8, 4) is 45.3 Å². The molecule has 4 nitrogen and oxygen atoms in total. The predicted molar refractivity (Wildman–Crippen MR) is 225 cm³/mol. The maximum Gasteiger partial charge on any atom is 0.160 e. The first-order chi connectivity index (χ1) is 26.8. The van der Waals surface area contributed by atoms with Crippen LogP contribution in [0.5, 0.6) is 0 Å². The van der Waals surface area contributed by atoms with E-state index in [0.29, 0.717) is 5.82 Å². The smallest absolute Gasteiger partial charge is 0.160 e. The van der Waals surface area contributed by atoms with Gasteiger partial charge in [-0.3, -0.25) is 0 Å². The van der Waals surface area contributed by atoms with Gasteiger partial charge in [0.25, 0.3) is 0 Å². The van der Waals surface area contributed by atoms with Gasteiger partial charge in [-0.1, -0.05) is 133 Å². The molecule has 3 heterocycles. The van der Waals surface area contributed by atoms with E-state index < -0.39 is 0 Å². The van der Waals surface area contributed by atoms with Crippen molar-refractivity contribution < 1.29 is 0 Å². The Hall–Kier alpha value is -7.30. The summed E-state index contributed by atoms with van der Waals surface area (Å²) in [6, 6.07) is 69.1. The van der Waals surface area contributed by atoms with Crippen molar-refractivity contribution in [2.45, 2.75) is 0 Å². The minimum Gasteiger partial charge on any atom is -0.309 e. The molecule has 0 aliphatic heterocycles. The summed E-state index contributed by atoms with van der Waals surface area (Å²) in [6.07, 6.45) is 0. The van der Waals surface area contributed by atoms with Gasteiger partial charge in [-0.05, 0) is 71.4 Å². The highest BCUT2D eigenvalue weighted by Crippen LogP contribution is 2.40. The molecule has 0 aliphatic rings. The Kier molecular flexibility index (Phi) is 6.82. The Balaban J connectivity index is 1.12. The zero-order valence-corrected chi connectivity index (χ0v) is 29.3. The quantitative estimate of drug-likeness (QED) is 0.180. The second kappa shape index (κ2) is 12.1. The van der Waals surface area contributed by atoms with E-state index in [2.05, 4.69) is 191 Å². The van der Waals surface area contributed by atoms with Crippen LogP contribution in [0.15, 0.2) is 194 Å². The Bertz CT molecular complexity index is 3140. The SMILES string of the molecule is c1ccc(-c2cc(-c3ccccc3)nc(-c3ccc4ccc(-n5c6ccccc6c6cc7c(cc65)c5ccccc5n7-c5ccccc5)cc4c3)n2)cc1. The molecule has 0 amide bonds. The lowest BCUT2D eigenvalue weighted by Crippen LogP contribution is -1.96. The van der Waals surface area contributed by atoms with Gasteiger partial charge in [-0.2, -0.15) is 0 Å². The molecule has 3 aromatic heterocycles. The summed E-state index contributed by atoms with van der Waals surface area (Å²) >= 11 is 0. The molecule has 0 saturated heterocycles. The number of aromatic nitrogens is 4. The van der Waals surface area contributed by atoms with E-state index in [0.717, 1.165) is 44.8 Å². The molecule has 0 unspecified atom stereocenters. The van der Waals surface area contributed by atoms with E-state index >= 15 is 0 Å². The Morgan fingerprint density at radius 3 is 1.39 bits per heavy atom. The van der Waals surface area contributed by atoms with Crippen molar-refractivity contribution in [3.05, 3.63) is 194 Å². The summed E-state index contributed by atoms with van der Waals surface area (Å²) in [5, 5.41) is 7.23. The third-order valence-electron chi connectivity index (χ3n) is 10.7. The molecule has 0 N–H and O–H groups in total. The van der Waals surface area contributed by atoms with Crippen LogP contribution in [0, 0.1) is 0 Å². The molecular formula is C50H32N4. The number of nitrogens with zero attached hydrogens (tertiary/aromatic N) is 4. The number of hydrogen-bond donors (Lipinski definition) is 0. The van der Waals surface area contributed by atoms with Gasteiger partial charge in [-0.25, -0.2) is 9.97 Å². The summed E-state index contributed by atoms with van der Waals surface area (Å²) in [5.41, 5.74) is 11.9. The van der Waals surface area contributed by atoms with Gasteiger partial charge in [0.2, 0.25) is 0 Å². The lowest BCUT2D eigenvalue weighted by Gasteiger charge is -2.12. The van der Waals surface area contributed by atoms with Gasteiger partial charge >= 0.3 is 0 Å². The van der Waals surface area contributed by atoms with E-state index in [4.69, 9.17) is 9.97 Å². The third kappa shape index (κ3) is 4.85. The second-order valence-corrected chi connectivity index (χ2v) is 13.9. The molecule has 0 atom stereocenters. The maximum absolute atomic E-state index is 5.12. The summed E-state index contributed by atoms with van der Waals surface area (Å²) in [5.74, 6) is 0.705. The van der Waals surface area contributed by atoms with Crippen LogP contribution < -0.4 is 0 Å². The van der Waals surface area contributed by atoms with Crippen molar-refractivity contribution >= 4 is 54.4 Å². The normalized spacial score (nSPS) is 11.7. The fraction of sp³-hybridized carbons (Fsp3) is 0. The first kappa shape index (κ1) is 30.3. The standard InChI is InChI=1S/C50H32N4/c1-4-14-34(15-5-1)44-32-45(35-16-6-2-7-17-35)52-50(51-44)36-25-24-33-26-27-39(29-37(33)28-36)54-47-23-13-11-21-41(47)43-30-48-42(31-49(43)54)40-20-10-12-22-46(40)53(48)38-18-8-3-9-19-38/h1-32H. The molecule has 0 radical (unpaired) electrons. The molecule has 11 aromatic rings. The van der Waals surface area contributed by atoms with Crippen LogP contribution in [-0.4, -0.2) is 19.1 Å². The molecule has 0 spiro atoms. The lowest BCUT2D eigenvalue weighted by atomic mass is 10.0. The van der Waals surface area contributed by atoms with Gasteiger partial charge in [0, 0.05) is 49.6 Å². The van der Waals surface area contributed by atoms with Crippen LogP contribution in [0.4, 0.5) is 0 Å². The minimum atomic E-state index is 0.705. The molecule has 0 fully saturated rings. The molecule has 8 aromatic carbocycles. The highest BCUT2D eigenvalue weighted by molar-refractivity contribution is 6.19. The van der Waals surface area contributed by atoms with Gasteiger partial charge < -0.3 is 9.13 Å². The van der Waals surface area contributed by atoms with E-state index in [9.17, 15) is 0 Å². The number of para-hydroxylation sites is 3. The zero-order chi connectivity index (χ0) is 35.6. The molecular weight excluding hydrogens is 657 g/mol. The Labute approximate surface area is 311 Å². The summed E-state index contributed by atoms with van der Waals surface area (Å²) < 4.78 is 4.82. The van der Waals surface area contributed by atoms with Crippen molar-refractivity contribution in [1.82, 2.24) is 19.1 Å². The van der Waals surface area contributed by atoms with Crippen LogP contribution in [-0.2, 0) is 0 Å². The van der Waals surface area contributed by atoms with E-state index in [1.165, 1.54) is 49.0 Å². The number of hydrogen-bond acceptors (Lipinski definition) is 2. The van der Waals surface area contributed by atoms with Crippen LogP contribution >= 0.6 is 0 Å². The first-order valence-corrected chi connectivity index (χ1v) is 18.3. The fourth-order valence-electron chi connectivity index (χ4n) is 8.17. The minimum absolute atomic E-state index is 0.705. The average Bonchev–Trinajstić information content (AvgIpc) is 3.75. The molecule has 0 bridgehead atoms. The van der Waals surface area contributed by atoms with Gasteiger partial charge in [0.15, 0.2) is 5.82 Å². The zero-order valence-electron chi connectivity index (χ0n) is 29.3. The van der Waals surface area contributed by atoms with Gasteiger partial charge in [0.05, 0.1) is 33.5 Å². The third-order valence-corrected chi connectivity index (χ3v) is 10.7. The maximum atomic E-state index is 5.12. The lowest BCUT2D eigenvalue weighted by molar-refractivity contribution is 1.18. The van der Waals surface area contributed by atoms with E-state index in [-0.39, 0.29) is 0 Å².